The highest BCUT2D eigenvalue weighted by Crippen LogP contribution is 2.10. The molecule has 0 fully saturated rings. The number of rotatable bonds is 5. The Labute approximate surface area is 121 Å². The largest absolute Gasteiger partial charge is 0.466 e. The second-order valence-corrected chi connectivity index (χ2v) is 4.51. The van der Waals surface area contributed by atoms with Crippen molar-refractivity contribution in [3.05, 3.63) is 23.8 Å². The van der Waals surface area contributed by atoms with Gasteiger partial charge >= 0.3 is 5.97 Å². The topological polar surface area (TPSA) is 89.7 Å². The van der Waals surface area contributed by atoms with Crippen LogP contribution in [0, 0.1) is 6.92 Å². The maximum atomic E-state index is 12.4. The van der Waals surface area contributed by atoms with E-state index < -0.39 is 0 Å². The van der Waals surface area contributed by atoms with Gasteiger partial charge in [0, 0.05) is 19.8 Å². The fraction of sp³-hybridized carbons (Fsp3) is 0.462. The van der Waals surface area contributed by atoms with Crippen molar-refractivity contribution in [2.75, 3.05) is 20.2 Å². The van der Waals surface area contributed by atoms with Gasteiger partial charge in [0.15, 0.2) is 0 Å². The Balaban J connectivity index is 2.10. The second-order valence-electron chi connectivity index (χ2n) is 4.51. The molecular weight excluding hydrogens is 274 g/mol. The maximum absolute atomic E-state index is 12.4. The van der Waals surface area contributed by atoms with Gasteiger partial charge in [-0.3, -0.25) is 9.59 Å². The van der Waals surface area contributed by atoms with Crippen molar-refractivity contribution >= 4 is 17.7 Å². The average Bonchev–Trinajstić information content (AvgIpc) is 2.94. The van der Waals surface area contributed by atoms with Gasteiger partial charge in [0.1, 0.15) is 6.33 Å². The molecule has 2 aromatic heterocycles. The molecule has 2 aromatic rings. The van der Waals surface area contributed by atoms with E-state index in [0.29, 0.717) is 23.6 Å². The molecule has 21 heavy (non-hydrogen) atoms. The fourth-order valence-electron chi connectivity index (χ4n) is 1.90. The van der Waals surface area contributed by atoms with E-state index in [0.717, 1.165) is 0 Å². The van der Waals surface area contributed by atoms with Crippen LogP contribution in [0.3, 0.4) is 0 Å². The lowest BCUT2D eigenvalue weighted by Crippen LogP contribution is -2.30. The summed E-state index contributed by atoms with van der Waals surface area (Å²) in [7, 11) is 1.63. The van der Waals surface area contributed by atoms with Crippen molar-refractivity contribution in [3.63, 3.8) is 0 Å². The minimum absolute atomic E-state index is 0.161. The van der Waals surface area contributed by atoms with Crippen LogP contribution >= 0.6 is 0 Å². The third-order valence-electron chi connectivity index (χ3n) is 3.08. The monoisotopic (exact) mass is 291 g/mol. The van der Waals surface area contributed by atoms with Gasteiger partial charge in [0.25, 0.3) is 11.7 Å². The Morgan fingerprint density at radius 3 is 2.86 bits per heavy atom. The number of fused-ring (bicyclic) bond motifs is 1. The van der Waals surface area contributed by atoms with E-state index in [2.05, 4.69) is 15.1 Å². The molecule has 0 aromatic carbocycles. The zero-order valence-corrected chi connectivity index (χ0v) is 12.2. The Hall–Kier alpha value is -2.51. The first-order valence-electron chi connectivity index (χ1n) is 6.61. The Morgan fingerprint density at radius 1 is 1.38 bits per heavy atom. The second kappa shape index (κ2) is 6.29. The third-order valence-corrected chi connectivity index (χ3v) is 3.08. The molecule has 8 heteroatoms. The SMILES string of the molecule is CCOC(=O)CCN(C)C(=O)c1cnc2ncnn2c1C. The van der Waals surface area contributed by atoms with Crippen molar-refractivity contribution < 1.29 is 14.3 Å². The zero-order chi connectivity index (χ0) is 15.4. The number of ether oxygens (including phenoxy) is 1. The van der Waals surface area contributed by atoms with Crippen molar-refractivity contribution in [2.24, 2.45) is 0 Å². The number of amides is 1. The molecule has 1 amide bonds. The maximum Gasteiger partial charge on any atom is 0.307 e. The van der Waals surface area contributed by atoms with E-state index in [1.54, 1.807) is 20.9 Å². The Morgan fingerprint density at radius 2 is 2.14 bits per heavy atom. The number of nitrogens with zero attached hydrogens (tertiary/aromatic N) is 5. The molecule has 0 bridgehead atoms. The molecule has 2 rings (SSSR count). The summed E-state index contributed by atoms with van der Waals surface area (Å²) >= 11 is 0. The lowest BCUT2D eigenvalue weighted by atomic mass is 10.2. The van der Waals surface area contributed by atoms with E-state index in [1.807, 2.05) is 0 Å². The number of esters is 1. The predicted octanol–water partition coefficient (Wildman–Crippen LogP) is 0.458. The zero-order valence-electron chi connectivity index (χ0n) is 12.2. The summed E-state index contributed by atoms with van der Waals surface area (Å²) in [5.74, 6) is -0.0985. The number of carbonyl (C=O) groups is 2. The predicted molar refractivity (Wildman–Crippen MR) is 73.7 cm³/mol. The van der Waals surface area contributed by atoms with E-state index in [4.69, 9.17) is 4.74 Å². The first kappa shape index (κ1) is 14.9. The van der Waals surface area contributed by atoms with Gasteiger partial charge in [-0.2, -0.15) is 10.1 Å². The van der Waals surface area contributed by atoms with Crippen LogP contribution < -0.4 is 0 Å². The van der Waals surface area contributed by atoms with Crippen LogP contribution in [0.4, 0.5) is 0 Å². The Kier molecular flexibility index (Phi) is 4.46. The summed E-state index contributed by atoms with van der Waals surface area (Å²) in [4.78, 5) is 33.2. The molecular formula is C13H17N5O3. The van der Waals surface area contributed by atoms with E-state index in [-0.39, 0.29) is 24.8 Å². The molecule has 0 aliphatic heterocycles. The van der Waals surface area contributed by atoms with Crippen LogP contribution in [0.2, 0.25) is 0 Å². The molecule has 2 heterocycles. The first-order chi connectivity index (χ1) is 10.0. The van der Waals surface area contributed by atoms with Gasteiger partial charge in [0.05, 0.1) is 24.3 Å². The van der Waals surface area contributed by atoms with Crippen molar-refractivity contribution in [1.29, 1.82) is 0 Å². The smallest absolute Gasteiger partial charge is 0.307 e. The molecule has 0 unspecified atom stereocenters. The first-order valence-corrected chi connectivity index (χ1v) is 6.61. The normalized spacial score (nSPS) is 10.6. The third kappa shape index (κ3) is 3.15. The molecule has 0 saturated carbocycles. The highest BCUT2D eigenvalue weighted by molar-refractivity contribution is 5.95. The van der Waals surface area contributed by atoms with Crippen LogP contribution in [0.25, 0.3) is 5.78 Å². The minimum atomic E-state index is -0.321. The molecule has 0 radical (unpaired) electrons. The van der Waals surface area contributed by atoms with E-state index in [1.165, 1.54) is 21.9 Å². The summed E-state index contributed by atoms with van der Waals surface area (Å²) in [6, 6.07) is 0. The number of carbonyl (C=O) groups excluding carboxylic acids is 2. The lowest BCUT2D eigenvalue weighted by molar-refractivity contribution is -0.143. The number of aromatic nitrogens is 4. The quantitative estimate of drug-likeness (QED) is 0.743. The Bertz CT molecular complexity index is 667. The molecule has 0 N–H and O–H groups in total. The molecule has 112 valence electrons. The molecule has 0 aliphatic carbocycles. The fourth-order valence-corrected chi connectivity index (χ4v) is 1.90. The van der Waals surface area contributed by atoms with Gasteiger partial charge in [-0.05, 0) is 13.8 Å². The van der Waals surface area contributed by atoms with Crippen molar-refractivity contribution in [1.82, 2.24) is 24.5 Å². The van der Waals surface area contributed by atoms with Gasteiger partial charge in [-0.25, -0.2) is 9.50 Å². The number of hydrogen-bond acceptors (Lipinski definition) is 6. The van der Waals surface area contributed by atoms with Gasteiger partial charge in [-0.15, -0.1) is 0 Å². The van der Waals surface area contributed by atoms with Crippen LogP contribution in [0.1, 0.15) is 29.4 Å². The van der Waals surface area contributed by atoms with Crippen molar-refractivity contribution in [2.45, 2.75) is 20.3 Å². The summed E-state index contributed by atoms with van der Waals surface area (Å²) in [5.41, 5.74) is 1.09. The molecule has 0 saturated heterocycles. The van der Waals surface area contributed by atoms with E-state index >= 15 is 0 Å². The van der Waals surface area contributed by atoms with Gasteiger partial charge < -0.3 is 9.64 Å². The highest BCUT2D eigenvalue weighted by Gasteiger charge is 2.18. The van der Waals surface area contributed by atoms with E-state index in [9.17, 15) is 9.59 Å². The summed E-state index contributed by atoms with van der Waals surface area (Å²) < 4.78 is 6.34. The summed E-state index contributed by atoms with van der Waals surface area (Å²) in [6.07, 6.45) is 3.02. The standard InChI is InChI=1S/C13H17N5O3/c1-4-21-11(19)5-6-17(3)12(20)10-7-14-13-15-8-16-18(13)9(10)2/h7-8H,4-6H2,1-3H3. The lowest BCUT2D eigenvalue weighted by Gasteiger charge is -2.17. The van der Waals surface area contributed by atoms with Gasteiger partial charge in [-0.1, -0.05) is 0 Å². The molecule has 0 aliphatic rings. The van der Waals surface area contributed by atoms with Crippen LogP contribution in [-0.4, -0.2) is 56.6 Å². The van der Waals surface area contributed by atoms with Crippen molar-refractivity contribution in [3.8, 4) is 0 Å². The minimum Gasteiger partial charge on any atom is -0.466 e. The molecule has 0 spiro atoms. The summed E-state index contributed by atoms with van der Waals surface area (Å²) in [6.45, 7) is 4.14. The molecule has 0 atom stereocenters. The average molecular weight is 291 g/mol. The molecule has 8 nitrogen and oxygen atoms in total. The highest BCUT2D eigenvalue weighted by atomic mass is 16.5. The summed E-state index contributed by atoms with van der Waals surface area (Å²) in [5, 5.41) is 4.02. The number of aryl methyl sites for hydroxylation is 1. The van der Waals surface area contributed by atoms with Crippen LogP contribution in [0.5, 0.6) is 0 Å². The number of hydrogen-bond donors (Lipinski definition) is 0. The van der Waals surface area contributed by atoms with Crippen LogP contribution in [0.15, 0.2) is 12.5 Å². The van der Waals surface area contributed by atoms with Gasteiger partial charge in [0.2, 0.25) is 0 Å². The van der Waals surface area contributed by atoms with Crippen LogP contribution in [-0.2, 0) is 9.53 Å².